The summed E-state index contributed by atoms with van der Waals surface area (Å²) in [4.78, 5) is 0. The molecule has 0 spiro atoms. The summed E-state index contributed by atoms with van der Waals surface area (Å²) in [5, 5.41) is 8.20. The Hall–Kier alpha value is -0.340. The first-order valence-corrected chi connectivity index (χ1v) is 8.05. The second-order valence-corrected chi connectivity index (χ2v) is 8.23. The minimum Gasteiger partial charge on any atom is -0.314 e. The number of hydrogen-bond donors (Lipinski definition) is 1. The molecule has 0 amide bonds. The minimum atomic E-state index is 0.488. The zero-order chi connectivity index (χ0) is 13.2. The predicted octanol–water partition coefficient (Wildman–Crippen LogP) is 4.49. The summed E-state index contributed by atoms with van der Waals surface area (Å²) in [7, 11) is 0. The molecule has 0 unspecified atom stereocenters. The van der Waals surface area contributed by atoms with E-state index in [4.69, 9.17) is 0 Å². The molecule has 0 saturated heterocycles. The van der Waals surface area contributed by atoms with Crippen LogP contribution in [0.4, 0.5) is 0 Å². The Kier molecular flexibility index (Phi) is 4.18. The molecule has 1 aromatic rings. The second kappa shape index (κ2) is 5.34. The number of nitrogens with one attached hydrogen (secondary N) is 1. The lowest BCUT2D eigenvalue weighted by Crippen LogP contribution is -2.44. The summed E-state index contributed by atoms with van der Waals surface area (Å²) in [5.41, 5.74) is 2.45. The molecule has 102 valence electrons. The van der Waals surface area contributed by atoms with E-state index in [1.165, 1.54) is 31.2 Å². The van der Waals surface area contributed by atoms with Crippen molar-refractivity contribution in [2.24, 2.45) is 10.8 Å². The van der Waals surface area contributed by atoms with Crippen LogP contribution in [0.1, 0.15) is 52.5 Å². The van der Waals surface area contributed by atoms with Crippen LogP contribution in [-0.2, 0) is 6.42 Å². The van der Waals surface area contributed by atoms with Crippen molar-refractivity contribution in [3.8, 4) is 0 Å². The summed E-state index contributed by atoms with van der Waals surface area (Å²) in [6.07, 6.45) is 5.16. The van der Waals surface area contributed by atoms with Gasteiger partial charge in [-0.05, 0) is 65.4 Å². The predicted molar refractivity (Wildman–Crippen MR) is 81.2 cm³/mol. The molecule has 1 N–H and O–H groups in total. The van der Waals surface area contributed by atoms with Crippen LogP contribution in [0.25, 0.3) is 0 Å². The minimum absolute atomic E-state index is 0.488. The van der Waals surface area contributed by atoms with Crippen LogP contribution in [0, 0.1) is 10.8 Å². The second-order valence-electron chi connectivity index (χ2n) is 7.45. The van der Waals surface area contributed by atoms with Gasteiger partial charge in [-0.25, -0.2) is 0 Å². The summed E-state index contributed by atoms with van der Waals surface area (Å²) in [6, 6.07) is 2.93. The van der Waals surface area contributed by atoms with Crippen LogP contribution in [0.15, 0.2) is 16.8 Å². The molecule has 0 radical (unpaired) electrons. The van der Waals surface area contributed by atoms with Crippen molar-refractivity contribution in [3.63, 3.8) is 0 Å². The standard InChI is InChI=1S/C16H27NS/c1-15(2)9-14(10-16(3,4)12-15)17-7-5-13-6-8-18-11-13/h6,8,11,14,17H,5,7,9-10,12H2,1-4H3. The molecule has 1 aliphatic carbocycles. The molecular weight excluding hydrogens is 238 g/mol. The molecule has 0 aliphatic heterocycles. The Morgan fingerprint density at radius 3 is 2.44 bits per heavy atom. The Morgan fingerprint density at radius 2 is 1.89 bits per heavy atom. The Balaban J connectivity index is 1.82. The van der Waals surface area contributed by atoms with Gasteiger partial charge in [0.05, 0.1) is 0 Å². The molecule has 0 atom stereocenters. The molecule has 1 aromatic heterocycles. The molecule has 1 saturated carbocycles. The highest BCUT2D eigenvalue weighted by Crippen LogP contribution is 2.45. The van der Waals surface area contributed by atoms with E-state index in [-0.39, 0.29) is 0 Å². The van der Waals surface area contributed by atoms with Crippen LogP contribution in [0.2, 0.25) is 0 Å². The van der Waals surface area contributed by atoms with Crippen molar-refractivity contribution in [3.05, 3.63) is 22.4 Å². The van der Waals surface area contributed by atoms with E-state index in [1.54, 1.807) is 11.3 Å². The van der Waals surface area contributed by atoms with Crippen molar-refractivity contribution in [2.45, 2.75) is 59.4 Å². The summed E-state index contributed by atoms with van der Waals surface area (Å²) in [5.74, 6) is 0. The molecule has 0 aromatic carbocycles. The fraction of sp³-hybridized carbons (Fsp3) is 0.750. The van der Waals surface area contributed by atoms with Crippen LogP contribution in [0.5, 0.6) is 0 Å². The first-order chi connectivity index (χ1) is 8.36. The zero-order valence-electron chi connectivity index (χ0n) is 12.3. The maximum Gasteiger partial charge on any atom is 0.00773 e. The smallest absolute Gasteiger partial charge is 0.00773 e. The largest absolute Gasteiger partial charge is 0.314 e. The fourth-order valence-electron chi connectivity index (χ4n) is 3.85. The van der Waals surface area contributed by atoms with Gasteiger partial charge < -0.3 is 5.32 Å². The van der Waals surface area contributed by atoms with Gasteiger partial charge in [-0.1, -0.05) is 27.7 Å². The van der Waals surface area contributed by atoms with E-state index in [1.807, 2.05) is 0 Å². The van der Waals surface area contributed by atoms with Crippen molar-refractivity contribution >= 4 is 11.3 Å². The highest BCUT2D eigenvalue weighted by Gasteiger charge is 2.37. The van der Waals surface area contributed by atoms with Gasteiger partial charge in [0.15, 0.2) is 0 Å². The third-order valence-electron chi connectivity index (χ3n) is 3.98. The molecule has 2 heteroatoms. The zero-order valence-corrected chi connectivity index (χ0v) is 13.1. The van der Waals surface area contributed by atoms with Crippen molar-refractivity contribution < 1.29 is 0 Å². The van der Waals surface area contributed by atoms with Gasteiger partial charge in [-0.2, -0.15) is 11.3 Å². The van der Waals surface area contributed by atoms with Crippen molar-refractivity contribution in [1.82, 2.24) is 5.32 Å². The van der Waals surface area contributed by atoms with Gasteiger partial charge in [0.1, 0.15) is 0 Å². The van der Waals surface area contributed by atoms with Crippen molar-refractivity contribution in [2.75, 3.05) is 6.54 Å². The van der Waals surface area contributed by atoms with Gasteiger partial charge in [-0.3, -0.25) is 0 Å². The Labute approximate surface area is 116 Å². The third kappa shape index (κ3) is 4.10. The maximum atomic E-state index is 3.78. The first kappa shape index (κ1) is 14.1. The van der Waals surface area contributed by atoms with E-state index in [2.05, 4.69) is 49.8 Å². The SMILES string of the molecule is CC1(C)CC(NCCc2ccsc2)CC(C)(C)C1. The Bertz CT molecular complexity index is 348. The van der Waals surface area contributed by atoms with Crippen LogP contribution in [0.3, 0.4) is 0 Å². The molecule has 1 nitrogen and oxygen atoms in total. The normalized spacial score (nSPS) is 23.1. The average molecular weight is 265 g/mol. The lowest BCUT2D eigenvalue weighted by atomic mass is 9.63. The first-order valence-electron chi connectivity index (χ1n) is 7.11. The summed E-state index contributed by atoms with van der Waals surface area (Å²) >= 11 is 1.80. The highest BCUT2D eigenvalue weighted by molar-refractivity contribution is 7.07. The summed E-state index contributed by atoms with van der Waals surface area (Å²) < 4.78 is 0. The highest BCUT2D eigenvalue weighted by atomic mass is 32.1. The van der Waals surface area contributed by atoms with E-state index in [0.717, 1.165) is 6.54 Å². The van der Waals surface area contributed by atoms with Crippen molar-refractivity contribution in [1.29, 1.82) is 0 Å². The van der Waals surface area contributed by atoms with Gasteiger partial charge in [0.2, 0.25) is 0 Å². The molecule has 1 heterocycles. The van der Waals surface area contributed by atoms with Crippen LogP contribution >= 0.6 is 11.3 Å². The molecular formula is C16H27NS. The number of rotatable bonds is 4. The molecule has 2 rings (SSSR count). The maximum absolute atomic E-state index is 3.78. The monoisotopic (exact) mass is 265 g/mol. The number of hydrogen-bond acceptors (Lipinski definition) is 2. The molecule has 0 bridgehead atoms. The van der Waals surface area contributed by atoms with E-state index in [0.29, 0.717) is 16.9 Å². The average Bonchev–Trinajstić information content (AvgIpc) is 2.65. The summed E-state index contributed by atoms with van der Waals surface area (Å²) in [6.45, 7) is 10.8. The Morgan fingerprint density at radius 1 is 1.22 bits per heavy atom. The van der Waals surface area contributed by atoms with E-state index >= 15 is 0 Å². The van der Waals surface area contributed by atoms with E-state index < -0.39 is 0 Å². The lowest BCUT2D eigenvalue weighted by Gasteiger charge is -2.45. The molecule has 1 fully saturated rings. The van der Waals surface area contributed by atoms with Crippen LogP contribution < -0.4 is 5.32 Å². The fourth-order valence-corrected chi connectivity index (χ4v) is 4.55. The van der Waals surface area contributed by atoms with E-state index in [9.17, 15) is 0 Å². The van der Waals surface area contributed by atoms with Gasteiger partial charge in [-0.15, -0.1) is 0 Å². The topological polar surface area (TPSA) is 12.0 Å². The van der Waals surface area contributed by atoms with Gasteiger partial charge in [0.25, 0.3) is 0 Å². The third-order valence-corrected chi connectivity index (χ3v) is 4.71. The lowest BCUT2D eigenvalue weighted by molar-refractivity contribution is 0.0854. The van der Waals surface area contributed by atoms with Gasteiger partial charge in [0, 0.05) is 6.04 Å². The number of thiophene rings is 1. The molecule has 1 aliphatic rings. The van der Waals surface area contributed by atoms with Crippen LogP contribution in [-0.4, -0.2) is 12.6 Å². The van der Waals surface area contributed by atoms with Gasteiger partial charge >= 0.3 is 0 Å². The quantitative estimate of drug-likeness (QED) is 0.846. The molecule has 18 heavy (non-hydrogen) atoms.